The lowest BCUT2D eigenvalue weighted by molar-refractivity contribution is -0.141. The summed E-state index contributed by atoms with van der Waals surface area (Å²) in [5.74, 6) is -0.479. The summed E-state index contributed by atoms with van der Waals surface area (Å²) in [6, 6.07) is 0.0811. The Bertz CT molecular complexity index is 315. The Morgan fingerprint density at radius 1 is 1.32 bits per heavy atom. The molecule has 5 nitrogen and oxygen atoms in total. The van der Waals surface area contributed by atoms with Gasteiger partial charge >= 0.3 is 12.1 Å². The summed E-state index contributed by atoms with van der Waals surface area (Å²) in [5.41, 5.74) is 0.324. The molecule has 1 amide bonds. The first kappa shape index (κ1) is 17.5. The Hall–Kier alpha value is -1.52. The van der Waals surface area contributed by atoms with Crippen LogP contribution in [0.4, 0.5) is 4.79 Å². The largest absolute Gasteiger partial charge is 0.458 e. The Morgan fingerprint density at radius 3 is 2.47 bits per heavy atom. The molecule has 2 unspecified atom stereocenters. The van der Waals surface area contributed by atoms with Crippen molar-refractivity contribution in [3.63, 3.8) is 0 Å². The van der Waals surface area contributed by atoms with E-state index < -0.39 is 18.2 Å². The van der Waals surface area contributed by atoms with Crippen molar-refractivity contribution in [1.29, 1.82) is 0 Å². The minimum absolute atomic E-state index is 0.0302. The highest BCUT2D eigenvalue weighted by molar-refractivity contribution is 5.86. The molecular formula is C14H25NO4. The summed E-state index contributed by atoms with van der Waals surface area (Å²) in [7, 11) is 0. The van der Waals surface area contributed by atoms with Crippen LogP contribution >= 0.6 is 0 Å². The average Bonchev–Trinajstić information content (AvgIpc) is 2.32. The van der Waals surface area contributed by atoms with Gasteiger partial charge in [0.25, 0.3) is 0 Å². The fraction of sp³-hybridized carbons (Fsp3) is 0.714. The quantitative estimate of drug-likeness (QED) is 0.544. The van der Waals surface area contributed by atoms with Gasteiger partial charge in [0, 0.05) is 11.6 Å². The van der Waals surface area contributed by atoms with E-state index >= 15 is 0 Å². The molecule has 0 aromatic rings. The molecule has 0 aliphatic rings. The van der Waals surface area contributed by atoms with Crippen molar-refractivity contribution in [3.05, 3.63) is 12.2 Å². The minimum Gasteiger partial charge on any atom is -0.458 e. The van der Waals surface area contributed by atoms with Crippen LogP contribution in [0.15, 0.2) is 12.2 Å². The van der Waals surface area contributed by atoms with Gasteiger partial charge in [-0.25, -0.2) is 9.59 Å². The van der Waals surface area contributed by atoms with Crippen molar-refractivity contribution in [2.24, 2.45) is 0 Å². The number of nitrogens with one attached hydrogen (secondary N) is 1. The van der Waals surface area contributed by atoms with Crippen LogP contribution in [0.2, 0.25) is 0 Å². The lowest BCUT2D eigenvalue weighted by Gasteiger charge is -2.17. The van der Waals surface area contributed by atoms with Crippen LogP contribution in [-0.2, 0) is 14.3 Å². The summed E-state index contributed by atoms with van der Waals surface area (Å²) < 4.78 is 9.97. The molecule has 0 aromatic heterocycles. The van der Waals surface area contributed by atoms with Crippen molar-refractivity contribution in [1.82, 2.24) is 5.32 Å². The molecule has 5 heteroatoms. The van der Waals surface area contributed by atoms with Crippen LogP contribution in [0.5, 0.6) is 0 Å². The van der Waals surface area contributed by atoms with Crippen LogP contribution in [0.1, 0.15) is 47.0 Å². The summed E-state index contributed by atoms with van der Waals surface area (Å²) in [5, 5.41) is 2.74. The van der Waals surface area contributed by atoms with Gasteiger partial charge in [0.1, 0.15) is 12.7 Å². The Kier molecular flexibility index (Phi) is 8.66. The zero-order valence-corrected chi connectivity index (χ0v) is 12.3. The Labute approximate surface area is 115 Å². The van der Waals surface area contributed by atoms with Crippen molar-refractivity contribution >= 4 is 12.1 Å². The van der Waals surface area contributed by atoms with E-state index in [2.05, 4.69) is 18.8 Å². The summed E-state index contributed by atoms with van der Waals surface area (Å²) in [4.78, 5) is 22.7. The predicted molar refractivity (Wildman–Crippen MR) is 73.8 cm³/mol. The van der Waals surface area contributed by atoms with Crippen molar-refractivity contribution in [2.45, 2.75) is 59.1 Å². The van der Waals surface area contributed by atoms with Crippen LogP contribution in [0.25, 0.3) is 0 Å². The minimum atomic E-state index is -0.485. The van der Waals surface area contributed by atoms with E-state index in [1.165, 1.54) is 0 Å². The number of amides is 1. The molecule has 0 heterocycles. The van der Waals surface area contributed by atoms with Gasteiger partial charge in [-0.2, -0.15) is 0 Å². The summed E-state index contributed by atoms with van der Waals surface area (Å²) in [6.07, 6.45) is 2.11. The third-order valence-electron chi connectivity index (χ3n) is 2.46. The standard InChI is InChI=1S/C14H25NO4/c1-6-7-8-11(4)15-14(17)19-12(5)9-18-13(16)10(2)3/h11-12H,2,6-9H2,1,3-5H3,(H,15,17). The second kappa shape index (κ2) is 9.42. The van der Waals surface area contributed by atoms with Gasteiger partial charge in [-0.05, 0) is 27.2 Å². The van der Waals surface area contributed by atoms with Crippen LogP contribution in [0.3, 0.4) is 0 Å². The molecule has 0 aliphatic carbocycles. The average molecular weight is 271 g/mol. The highest BCUT2D eigenvalue weighted by Crippen LogP contribution is 2.01. The molecule has 0 spiro atoms. The number of alkyl carbamates (subject to hydrolysis) is 1. The highest BCUT2D eigenvalue weighted by atomic mass is 16.6. The fourth-order valence-electron chi connectivity index (χ4n) is 1.35. The molecule has 0 radical (unpaired) electrons. The van der Waals surface area contributed by atoms with E-state index in [0.717, 1.165) is 19.3 Å². The number of hydrogen-bond donors (Lipinski definition) is 1. The van der Waals surface area contributed by atoms with E-state index in [0.29, 0.717) is 5.57 Å². The van der Waals surface area contributed by atoms with E-state index in [1.807, 2.05) is 6.92 Å². The van der Waals surface area contributed by atoms with Gasteiger partial charge in [0.2, 0.25) is 0 Å². The molecule has 0 saturated carbocycles. The first-order valence-corrected chi connectivity index (χ1v) is 6.66. The van der Waals surface area contributed by atoms with Crippen molar-refractivity contribution < 1.29 is 19.1 Å². The SMILES string of the molecule is C=C(C)C(=O)OCC(C)OC(=O)NC(C)CCCC. The van der Waals surface area contributed by atoms with Gasteiger partial charge in [0.15, 0.2) is 0 Å². The van der Waals surface area contributed by atoms with Crippen LogP contribution < -0.4 is 5.32 Å². The van der Waals surface area contributed by atoms with Gasteiger partial charge in [-0.3, -0.25) is 0 Å². The maximum absolute atomic E-state index is 11.5. The lowest BCUT2D eigenvalue weighted by Crippen LogP contribution is -2.36. The van der Waals surface area contributed by atoms with Gasteiger partial charge in [-0.15, -0.1) is 0 Å². The molecule has 1 N–H and O–H groups in total. The number of hydrogen-bond acceptors (Lipinski definition) is 4. The van der Waals surface area contributed by atoms with E-state index in [-0.39, 0.29) is 12.6 Å². The normalized spacial score (nSPS) is 13.3. The monoisotopic (exact) mass is 271 g/mol. The zero-order chi connectivity index (χ0) is 14.8. The number of unbranched alkanes of at least 4 members (excludes halogenated alkanes) is 1. The molecule has 110 valence electrons. The topological polar surface area (TPSA) is 64.6 Å². The third-order valence-corrected chi connectivity index (χ3v) is 2.46. The molecule has 0 fully saturated rings. The number of carbonyl (C=O) groups is 2. The Balaban J connectivity index is 3.86. The van der Waals surface area contributed by atoms with Crippen molar-refractivity contribution in [3.8, 4) is 0 Å². The molecule has 19 heavy (non-hydrogen) atoms. The third kappa shape index (κ3) is 9.11. The van der Waals surface area contributed by atoms with E-state index in [1.54, 1.807) is 13.8 Å². The van der Waals surface area contributed by atoms with E-state index in [4.69, 9.17) is 9.47 Å². The molecule has 0 bridgehead atoms. The second-order valence-electron chi connectivity index (χ2n) is 4.78. The van der Waals surface area contributed by atoms with Gasteiger partial charge < -0.3 is 14.8 Å². The molecular weight excluding hydrogens is 246 g/mol. The fourth-order valence-corrected chi connectivity index (χ4v) is 1.35. The lowest BCUT2D eigenvalue weighted by atomic mass is 10.1. The number of carbonyl (C=O) groups excluding carboxylic acids is 2. The maximum atomic E-state index is 11.5. The predicted octanol–water partition coefficient (Wildman–Crippen LogP) is 2.80. The molecule has 0 saturated heterocycles. The zero-order valence-electron chi connectivity index (χ0n) is 12.3. The summed E-state index contributed by atoms with van der Waals surface area (Å²) >= 11 is 0. The molecule has 2 atom stereocenters. The van der Waals surface area contributed by atoms with E-state index in [9.17, 15) is 9.59 Å². The molecule has 0 rings (SSSR count). The first-order valence-electron chi connectivity index (χ1n) is 6.66. The summed E-state index contributed by atoms with van der Waals surface area (Å²) in [6.45, 7) is 10.8. The second-order valence-corrected chi connectivity index (χ2v) is 4.78. The van der Waals surface area contributed by atoms with Crippen LogP contribution in [0, 0.1) is 0 Å². The highest BCUT2D eigenvalue weighted by Gasteiger charge is 2.14. The molecule has 0 aliphatic heterocycles. The maximum Gasteiger partial charge on any atom is 0.407 e. The number of ether oxygens (including phenoxy) is 2. The number of esters is 1. The van der Waals surface area contributed by atoms with Gasteiger partial charge in [0.05, 0.1) is 0 Å². The number of rotatable bonds is 8. The molecule has 0 aromatic carbocycles. The first-order chi connectivity index (χ1) is 8.86. The van der Waals surface area contributed by atoms with Crippen LogP contribution in [-0.4, -0.2) is 30.8 Å². The van der Waals surface area contributed by atoms with Gasteiger partial charge in [-0.1, -0.05) is 26.3 Å². The van der Waals surface area contributed by atoms with Crippen molar-refractivity contribution in [2.75, 3.05) is 6.61 Å². The smallest absolute Gasteiger partial charge is 0.407 e. The Morgan fingerprint density at radius 2 is 1.95 bits per heavy atom.